The fourth-order valence-corrected chi connectivity index (χ4v) is 2.40. The highest BCUT2D eigenvalue weighted by atomic mass is 35.5. The molecule has 0 radical (unpaired) electrons. The van der Waals surface area contributed by atoms with Gasteiger partial charge in [0.25, 0.3) is 0 Å². The largest absolute Gasteiger partial charge is 0.338 e. The maximum atomic E-state index is 5.74. The van der Waals surface area contributed by atoms with Gasteiger partial charge in [-0.25, -0.2) is 9.97 Å². The summed E-state index contributed by atoms with van der Waals surface area (Å²) < 4.78 is 0. The second kappa shape index (κ2) is 5.48. The zero-order valence-corrected chi connectivity index (χ0v) is 10.5. The third kappa shape index (κ3) is 2.64. The first kappa shape index (κ1) is 11.6. The maximum Gasteiger partial charge on any atom is 0.225 e. The van der Waals surface area contributed by atoms with Crippen molar-refractivity contribution >= 4 is 17.5 Å². The van der Waals surface area contributed by atoms with Crippen LogP contribution in [-0.2, 0) is 0 Å². The first-order valence-corrected chi connectivity index (χ1v) is 6.46. The molecule has 16 heavy (non-hydrogen) atoms. The fourth-order valence-electron chi connectivity index (χ4n) is 2.25. The molecular formula is C12H18ClN3. The van der Waals surface area contributed by atoms with Crippen LogP contribution in [0.1, 0.15) is 31.2 Å². The van der Waals surface area contributed by atoms with Gasteiger partial charge in [-0.2, -0.15) is 0 Å². The van der Waals surface area contributed by atoms with Crippen LogP contribution in [0.5, 0.6) is 0 Å². The van der Waals surface area contributed by atoms with Crippen LogP contribution in [0.2, 0.25) is 0 Å². The molecule has 1 aliphatic rings. The molecule has 0 bridgehead atoms. The number of alkyl halides is 1. The molecule has 0 amide bonds. The van der Waals surface area contributed by atoms with E-state index in [0.717, 1.165) is 36.8 Å². The van der Waals surface area contributed by atoms with Crippen LogP contribution in [0.4, 0.5) is 5.95 Å². The number of hydrogen-bond donors (Lipinski definition) is 0. The quantitative estimate of drug-likeness (QED) is 0.757. The molecule has 0 saturated carbocycles. The Morgan fingerprint density at radius 1 is 1.44 bits per heavy atom. The normalized spacial score (nSPS) is 20.4. The Hall–Kier alpha value is -0.830. The lowest BCUT2D eigenvalue weighted by molar-refractivity contribution is 0.593. The van der Waals surface area contributed by atoms with Crippen LogP contribution in [0.3, 0.4) is 0 Å². The van der Waals surface area contributed by atoms with Gasteiger partial charge in [0.2, 0.25) is 5.95 Å². The third-order valence-corrected chi connectivity index (χ3v) is 3.34. The Morgan fingerprint density at radius 2 is 2.19 bits per heavy atom. The van der Waals surface area contributed by atoms with Gasteiger partial charge in [-0.05, 0) is 38.2 Å². The van der Waals surface area contributed by atoms with Gasteiger partial charge in [-0.15, -0.1) is 11.6 Å². The molecule has 1 atom stereocenters. The molecule has 1 unspecified atom stereocenters. The van der Waals surface area contributed by atoms with E-state index in [1.807, 2.05) is 19.3 Å². The first-order chi connectivity index (χ1) is 7.81. The molecule has 0 spiro atoms. The van der Waals surface area contributed by atoms with Crippen molar-refractivity contribution in [2.24, 2.45) is 0 Å². The van der Waals surface area contributed by atoms with E-state index in [0.29, 0.717) is 6.04 Å². The zero-order chi connectivity index (χ0) is 11.4. The van der Waals surface area contributed by atoms with Crippen molar-refractivity contribution in [3.8, 4) is 0 Å². The Morgan fingerprint density at radius 3 is 2.88 bits per heavy atom. The van der Waals surface area contributed by atoms with Crippen molar-refractivity contribution in [3.05, 3.63) is 18.0 Å². The Kier molecular flexibility index (Phi) is 3.99. The molecule has 1 saturated heterocycles. The summed E-state index contributed by atoms with van der Waals surface area (Å²) in [5.74, 6) is 1.63. The zero-order valence-electron chi connectivity index (χ0n) is 9.69. The van der Waals surface area contributed by atoms with Crippen molar-refractivity contribution in [2.45, 2.75) is 38.6 Å². The standard InChI is InChI=1S/C12H18ClN3/c1-10-8-14-12(15-9-10)16-7-3-5-11(16)4-2-6-13/h8-9,11H,2-7H2,1H3. The minimum Gasteiger partial charge on any atom is -0.338 e. The van der Waals surface area contributed by atoms with Crippen LogP contribution in [0.25, 0.3) is 0 Å². The third-order valence-electron chi connectivity index (χ3n) is 3.07. The van der Waals surface area contributed by atoms with Gasteiger partial charge in [0, 0.05) is 30.9 Å². The first-order valence-electron chi connectivity index (χ1n) is 5.92. The summed E-state index contributed by atoms with van der Waals surface area (Å²) >= 11 is 5.74. The molecular weight excluding hydrogens is 222 g/mol. The SMILES string of the molecule is Cc1cnc(N2CCCC2CCCCl)nc1. The average Bonchev–Trinajstić information content (AvgIpc) is 2.75. The van der Waals surface area contributed by atoms with Gasteiger partial charge in [0.05, 0.1) is 0 Å². The Balaban J connectivity index is 2.04. The molecule has 1 aromatic heterocycles. The van der Waals surface area contributed by atoms with Gasteiger partial charge in [-0.3, -0.25) is 0 Å². The van der Waals surface area contributed by atoms with Crippen LogP contribution < -0.4 is 4.90 Å². The summed E-state index contributed by atoms with van der Waals surface area (Å²) in [6.07, 6.45) is 8.49. The van der Waals surface area contributed by atoms with Gasteiger partial charge in [0.15, 0.2) is 0 Å². The molecule has 0 aliphatic carbocycles. The Labute approximate surface area is 102 Å². The molecule has 1 aliphatic heterocycles. The predicted octanol–water partition coefficient (Wildman–Crippen LogP) is 2.77. The minimum absolute atomic E-state index is 0.585. The number of halogens is 1. The molecule has 0 N–H and O–H groups in total. The monoisotopic (exact) mass is 239 g/mol. The number of anilines is 1. The smallest absolute Gasteiger partial charge is 0.225 e. The van der Waals surface area contributed by atoms with Crippen LogP contribution in [0.15, 0.2) is 12.4 Å². The summed E-state index contributed by atoms with van der Waals surface area (Å²) in [7, 11) is 0. The second-order valence-electron chi connectivity index (χ2n) is 4.38. The van der Waals surface area contributed by atoms with Gasteiger partial charge in [-0.1, -0.05) is 0 Å². The van der Waals surface area contributed by atoms with E-state index in [2.05, 4.69) is 14.9 Å². The van der Waals surface area contributed by atoms with Crippen molar-refractivity contribution in [2.75, 3.05) is 17.3 Å². The van der Waals surface area contributed by atoms with E-state index in [4.69, 9.17) is 11.6 Å². The second-order valence-corrected chi connectivity index (χ2v) is 4.76. The fraction of sp³-hybridized carbons (Fsp3) is 0.667. The van der Waals surface area contributed by atoms with Crippen molar-refractivity contribution in [1.82, 2.24) is 9.97 Å². The number of hydrogen-bond acceptors (Lipinski definition) is 3. The van der Waals surface area contributed by atoms with Crippen molar-refractivity contribution in [3.63, 3.8) is 0 Å². The molecule has 3 nitrogen and oxygen atoms in total. The summed E-state index contributed by atoms with van der Waals surface area (Å²) in [6, 6.07) is 0.585. The number of nitrogens with zero attached hydrogens (tertiary/aromatic N) is 3. The molecule has 4 heteroatoms. The number of aromatic nitrogens is 2. The van der Waals surface area contributed by atoms with E-state index >= 15 is 0 Å². The molecule has 1 fully saturated rings. The van der Waals surface area contributed by atoms with Crippen LogP contribution in [-0.4, -0.2) is 28.4 Å². The average molecular weight is 240 g/mol. The molecule has 2 rings (SSSR count). The van der Waals surface area contributed by atoms with E-state index in [9.17, 15) is 0 Å². The lowest BCUT2D eigenvalue weighted by Gasteiger charge is -2.24. The Bertz CT molecular complexity index is 326. The summed E-state index contributed by atoms with van der Waals surface area (Å²) in [5, 5.41) is 0. The molecule has 2 heterocycles. The highest BCUT2D eigenvalue weighted by Crippen LogP contribution is 2.25. The highest BCUT2D eigenvalue weighted by Gasteiger charge is 2.25. The minimum atomic E-state index is 0.585. The van der Waals surface area contributed by atoms with Crippen LogP contribution >= 0.6 is 11.6 Å². The topological polar surface area (TPSA) is 29.0 Å². The number of rotatable bonds is 4. The lowest BCUT2D eigenvalue weighted by Crippen LogP contribution is -2.30. The molecule has 1 aromatic rings. The summed E-state index contributed by atoms with van der Waals surface area (Å²) in [6.45, 7) is 3.09. The van der Waals surface area contributed by atoms with E-state index in [-0.39, 0.29) is 0 Å². The highest BCUT2D eigenvalue weighted by molar-refractivity contribution is 6.17. The van der Waals surface area contributed by atoms with E-state index in [1.165, 1.54) is 12.8 Å². The predicted molar refractivity (Wildman–Crippen MR) is 67.1 cm³/mol. The van der Waals surface area contributed by atoms with Gasteiger partial charge in [0.1, 0.15) is 0 Å². The summed E-state index contributed by atoms with van der Waals surface area (Å²) in [4.78, 5) is 11.1. The van der Waals surface area contributed by atoms with E-state index < -0.39 is 0 Å². The van der Waals surface area contributed by atoms with Gasteiger partial charge >= 0.3 is 0 Å². The van der Waals surface area contributed by atoms with Crippen molar-refractivity contribution < 1.29 is 0 Å². The lowest BCUT2D eigenvalue weighted by atomic mass is 10.1. The summed E-state index contributed by atoms with van der Waals surface area (Å²) in [5.41, 5.74) is 1.11. The van der Waals surface area contributed by atoms with E-state index in [1.54, 1.807) is 0 Å². The van der Waals surface area contributed by atoms with Crippen LogP contribution in [0, 0.1) is 6.92 Å². The maximum absolute atomic E-state index is 5.74. The molecule has 88 valence electrons. The van der Waals surface area contributed by atoms with Gasteiger partial charge < -0.3 is 4.90 Å². The number of aryl methyl sites for hydroxylation is 1. The van der Waals surface area contributed by atoms with Crippen molar-refractivity contribution in [1.29, 1.82) is 0 Å². The molecule has 0 aromatic carbocycles.